The Kier molecular flexibility index (Phi) is 4.16. The molecule has 1 N–H and O–H groups in total. The van der Waals surface area contributed by atoms with E-state index in [9.17, 15) is 4.79 Å². The van der Waals surface area contributed by atoms with E-state index < -0.39 is 0 Å². The van der Waals surface area contributed by atoms with Crippen molar-refractivity contribution in [2.75, 3.05) is 20.3 Å². The Hall–Kier alpha value is -2.32. The number of amides is 1. The molecule has 1 heterocycles. The molecule has 98 valence electrons. The van der Waals surface area contributed by atoms with Crippen LogP contribution in [0.2, 0.25) is 0 Å². The molecule has 0 atom stereocenters. The first-order chi connectivity index (χ1) is 9.26. The summed E-state index contributed by atoms with van der Waals surface area (Å²) >= 11 is 0. The maximum Gasteiger partial charge on any atom is 0.240 e. The van der Waals surface area contributed by atoms with Gasteiger partial charge in [-0.2, -0.15) is 5.26 Å². The lowest BCUT2D eigenvalue weighted by molar-refractivity contribution is -0.121. The maximum atomic E-state index is 11.8. The van der Waals surface area contributed by atoms with Crippen LogP contribution in [-0.4, -0.2) is 30.7 Å². The van der Waals surface area contributed by atoms with Crippen LogP contribution in [0.15, 0.2) is 30.5 Å². The van der Waals surface area contributed by atoms with E-state index in [4.69, 9.17) is 10.00 Å². The number of rotatable bonds is 5. The van der Waals surface area contributed by atoms with Crippen LogP contribution >= 0.6 is 0 Å². The van der Waals surface area contributed by atoms with Crippen molar-refractivity contribution in [3.05, 3.63) is 36.0 Å². The minimum atomic E-state index is -0.0951. The fraction of sp³-hybridized carbons (Fsp3) is 0.286. The highest BCUT2D eigenvalue weighted by Gasteiger charge is 2.10. The van der Waals surface area contributed by atoms with Gasteiger partial charge in [0.05, 0.1) is 12.2 Å². The van der Waals surface area contributed by atoms with Crippen LogP contribution in [0.25, 0.3) is 10.9 Å². The van der Waals surface area contributed by atoms with E-state index >= 15 is 0 Å². The Labute approximate surface area is 111 Å². The third-order valence-corrected chi connectivity index (χ3v) is 2.85. The van der Waals surface area contributed by atoms with Gasteiger partial charge in [0.1, 0.15) is 12.6 Å². The van der Waals surface area contributed by atoms with Crippen molar-refractivity contribution in [1.29, 1.82) is 5.26 Å². The molecule has 1 aromatic carbocycles. The van der Waals surface area contributed by atoms with Gasteiger partial charge in [0.25, 0.3) is 0 Å². The van der Waals surface area contributed by atoms with Gasteiger partial charge < -0.3 is 14.6 Å². The molecule has 0 aliphatic heterocycles. The molecule has 0 unspecified atom stereocenters. The number of fused-ring (bicyclic) bond motifs is 1. The number of methoxy groups -OCH3 is 1. The number of hydrogen-bond donors (Lipinski definition) is 1. The maximum absolute atomic E-state index is 11.8. The summed E-state index contributed by atoms with van der Waals surface area (Å²) in [6.07, 6.45) is 1.71. The Morgan fingerprint density at radius 1 is 1.47 bits per heavy atom. The van der Waals surface area contributed by atoms with E-state index in [0.717, 1.165) is 10.9 Å². The molecule has 0 aliphatic carbocycles. The van der Waals surface area contributed by atoms with E-state index in [1.54, 1.807) is 17.9 Å². The van der Waals surface area contributed by atoms with E-state index in [0.29, 0.717) is 18.7 Å². The van der Waals surface area contributed by atoms with Crippen molar-refractivity contribution in [2.45, 2.75) is 6.54 Å². The number of benzene rings is 1. The SMILES string of the molecule is COCCNC(=O)Cn1cc(C#N)c2ccccc21. The average Bonchev–Trinajstić information content (AvgIpc) is 2.77. The fourth-order valence-corrected chi connectivity index (χ4v) is 1.97. The molecule has 0 bridgehead atoms. The van der Waals surface area contributed by atoms with Gasteiger partial charge in [0, 0.05) is 30.8 Å². The second-order valence-corrected chi connectivity index (χ2v) is 4.14. The number of nitrogens with one attached hydrogen (secondary N) is 1. The lowest BCUT2D eigenvalue weighted by atomic mass is 10.2. The largest absolute Gasteiger partial charge is 0.383 e. The highest BCUT2D eigenvalue weighted by molar-refractivity contribution is 5.88. The van der Waals surface area contributed by atoms with Gasteiger partial charge in [-0.3, -0.25) is 4.79 Å². The van der Waals surface area contributed by atoms with Crippen molar-refractivity contribution < 1.29 is 9.53 Å². The topological polar surface area (TPSA) is 67.0 Å². The normalized spacial score (nSPS) is 10.3. The monoisotopic (exact) mass is 257 g/mol. The quantitative estimate of drug-likeness (QED) is 0.820. The minimum Gasteiger partial charge on any atom is -0.383 e. The molecule has 0 aliphatic rings. The zero-order valence-electron chi connectivity index (χ0n) is 10.7. The molecule has 0 saturated carbocycles. The number of carbonyl (C=O) groups excluding carboxylic acids is 1. The summed E-state index contributed by atoms with van der Waals surface area (Å²) in [5.74, 6) is -0.0951. The molecule has 0 spiro atoms. The first-order valence-corrected chi connectivity index (χ1v) is 6.00. The van der Waals surface area contributed by atoms with Crippen LogP contribution in [0.3, 0.4) is 0 Å². The summed E-state index contributed by atoms with van der Waals surface area (Å²) in [6, 6.07) is 9.70. The summed E-state index contributed by atoms with van der Waals surface area (Å²) in [6.45, 7) is 1.17. The van der Waals surface area contributed by atoms with E-state index in [1.807, 2.05) is 24.3 Å². The lowest BCUT2D eigenvalue weighted by Crippen LogP contribution is -2.30. The van der Waals surface area contributed by atoms with Gasteiger partial charge >= 0.3 is 0 Å². The fourth-order valence-electron chi connectivity index (χ4n) is 1.97. The van der Waals surface area contributed by atoms with Gasteiger partial charge in [0.2, 0.25) is 5.91 Å². The first-order valence-electron chi connectivity index (χ1n) is 6.00. The highest BCUT2D eigenvalue weighted by atomic mass is 16.5. The molecule has 5 heteroatoms. The smallest absolute Gasteiger partial charge is 0.240 e. The summed E-state index contributed by atoms with van der Waals surface area (Å²) in [5.41, 5.74) is 1.47. The Morgan fingerprint density at radius 2 is 2.26 bits per heavy atom. The predicted molar refractivity (Wildman–Crippen MR) is 71.5 cm³/mol. The summed E-state index contributed by atoms with van der Waals surface area (Å²) in [7, 11) is 1.59. The molecule has 0 fully saturated rings. The molecule has 1 amide bonds. The minimum absolute atomic E-state index is 0.0951. The van der Waals surface area contributed by atoms with Crippen LogP contribution in [0.1, 0.15) is 5.56 Å². The van der Waals surface area contributed by atoms with Gasteiger partial charge in [-0.1, -0.05) is 18.2 Å². The molecule has 0 saturated heterocycles. The average molecular weight is 257 g/mol. The standard InChI is InChI=1S/C14H15N3O2/c1-19-7-6-16-14(18)10-17-9-11(8-15)12-4-2-3-5-13(12)17/h2-5,9H,6-7,10H2,1H3,(H,16,18). The molecule has 0 radical (unpaired) electrons. The van der Waals surface area contributed by atoms with Crippen molar-refractivity contribution in [1.82, 2.24) is 9.88 Å². The van der Waals surface area contributed by atoms with Crippen LogP contribution in [0.5, 0.6) is 0 Å². The number of para-hydroxylation sites is 1. The second kappa shape index (κ2) is 6.03. The number of nitriles is 1. The molecular weight excluding hydrogens is 242 g/mol. The van der Waals surface area contributed by atoms with Crippen molar-refractivity contribution in [2.24, 2.45) is 0 Å². The summed E-state index contributed by atoms with van der Waals surface area (Å²) in [4.78, 5) is 11.8. The second-order valence-electron chi connectivity index (χ2n) is 4.14. The van der Waals surface area contributed by atoms with E-state index in [1.165, 1.54) is 0 Å². The van der Waals surface area contributed by atoms with Crippen LogP contribution in [0.4, 0.5) is 0 Å². The van der Waals surface area contributed by atoms with Crippen molar-refractivity contribution in [3.8, 4) is 6.07 Å². The van der Waals surface area contributed by atoms with E-state index in [-0.39, 0.29) is 12.5 Å². The van der Waals surface area contributed by atoms with Gasteiger partial charge in [0.15, 0.2) is 0 Å². The molecular formula is C14H15N3O2. The Morgan fingerprint density at radius 3 is 3.00 bits per heavy atom. The molecule has 19 heavy (non-hydrogen) atoms. The van der Waals surface area contributed by atoms with Crippen LogP contribution in [0, 0.1) is 11.3 Å². The molecule has 2 rings (SSSR count). The van der Waals surface area contributed by atoms with Gasteiger partial charge in [-0.15, -0.1) is 0 Å². The summed E-state index contributed by atoms with van der Waals surface area (Å²) in [5, 5.41) is 12.7. The number of carbonyl (C=O) groups is 1. The van der Waals surface area contributed by atoms with E-state index in [2.05, 4.69) is 11.4 Å². The molecule has 2 aromatic rings. The highest BCUT2D eigenvalue weighted by Crippen LogP contribution is 2.20. The number of hydrogen-bond acceptors (Lipinski definition) is 3. The molecule has 1 aromatic heterocycles. The van der Waals surface area contributed by atoms with Crippen molar-refractivity contribution in [3.63, 3.8) is 0 Å². The van der Waals surface area contributed by atoms with Crippen molar-refractivity contribution >= 4 is 16.8 Å². The Bertz CT molecular complexity index is 625. The number of nitrogens with zero attached hydrogens (tertiary/aromatic N) is 2. The van der Waals surface area contributed by atoms with Gasteiger partial charge in [-0.25, -0.2) is 0 Å². The van der Waals surface area contributed by atoms with Gasteiger partial charge in [-0.05, 0) is 6.07 Å². The Balaban J connectivity index is 2.17. The number of aromatic nitrogens is 1. The number of ether oxygens (including phenoxy) is 1. The predicted octanol–water partition coefficient (Wildman–Crippen LogP) is 1.28. The molecule has 5 nitrogen and oxygen atoms in total. The zero-order valence-corrected chi connectivity index (χ0v) is 10.7. The first kappa shape index (κ1) is 13.1. The summed E-state index contributed by atoms with van der Waals surface area (Å²) < 4.78 is 6.66. The third-order valence-electron chi connectivity index (χ3n) is 2.85. The third kappa shape index (κ3) is 2.92. The zero-order chi connectivity index (χ0) is 13.7. The van der Waals surface area contributed by atoms with Crippen LogP contribution < -0.4 is 5.32 Å². The van der Waals surface area contributed by atoms with Crippen LogP contribution in [-0.2, 0) is 16.1 Å². The lowest BCUT2D eigenvalue weighted by Gasteiger charge is -2.06.